The predicted octanol–water partition coefficient (Wildman–Crippen LogP) is 2.23. The van der Waals surface area contributed by atoms with Crippen LogP contribution in [0.4, 0.5) is 0 Å². The molecule has 1 fully saturated rings. The van der Waals surface area contributed by atoms with Gasteiger partial charge in [-0.25, -0.2) is 5.48 Å². The number of ether oxygens (including phenoxy) is 2. The molecule has 1 heterocycles. The van der Waals surface area contributed by atoms with E-state index < -0.39 is 5.91 Å². The van der Waals surface area contributed by atoms with Gasteiger partial charge in [-0.3, -0.25) is 14.8 Å². The number of nitrogens with one attached hydrogen (secondary N) is 1. The standard InChI is InChI=1S/C19H26N2O5.H2S/c1-12-11-26-17-9-14(18(22)20-24)3-4-15(17)10-21(12)19(23)13-5-7-16(25-2)8-6-13;/h3-4,9,12-13,16,24H,5-8,10-11H2,1-2H3,(H,20,22);1H2/t12-,13?,16?;/m0./s1. The lowest BCUT2D eigenvalue weighted by molar-refractivity contribution is -0.140. The summed E-state index contributed by atoms with van der Waals surface area (Å²) in [5.74, 6) is 0.193. The molecule has 1 atom stereocenters. The first kappa shape index (κ1) is 21.5. The van der Waals surface area contributed by atoms with Gasteiger partial charge in [0.2, 0.25) is 5.91 Å². The quantitative estimate of drug-likeness (QED) is 0.604. The first-order chi connectivity index (χ1) is 12.5. The molecule has 8 heteroatoms. The van der Waals surface area contributed by atoms with E-state index in [2.05, 4.69) is 0 Å². The summed E-state index contributed by atoms with van der Waals surface area (Å²) < 4.78 is 11.2. The summed E-state index contributed by atoms with van der Waals surface area (Å²) in [5, 5.41) is 8.78. The zero-order valence-electron chi connectivity index (χ0n) is 15.7. The highest BCUT2D eigenvalue weighted by Gasteiger charge is 2.33. The van der Waals surface area contributed by atoms with E-state index in [4.69, 9.17) is 14.7 Å². The van der Waals surface area contributed by atoms with E-state index in [1.807, 2.05) is 11.8 Å². The van der Waals surface area contributed by atoms with Crippen molar-refractivity contribution in [2.75, 3.05) is 13.7 Å². The average molecular weight is 397 g/mol. The summed E-state index contributed by atoms with van der Waals surface area (Å²) in [6.45, 7) is 2.81. The minimum atomic E-state index is -0.587. The van der Waals surface area contributed by atoms with Crippen LogP contribution in [0.25, 0.3) is 0 Å². The van der Waals surface area contributed by atoms with E-state index in [1.54, 1.807) is 30.8 Å². The lowest BCUT2D eigenvalue weighted by atomic mass is 9.86. The molecule has 1 aromatic rings. The van der Waals surface area contributed by atoms with Crippen molar-refractivity contribution in [3.8, 4) is 5.75 Å². The van der Waals surface area contributed by atoms with Crippen LogP contribution in [-0.2, 0) is 16.1 Å². The third-order valence-corrected chi connectivity index (χ3v) is 5.42. The van der Waals surface area contributed by atoms with Gasteiger partial charge in [0.1, 0.15) is 12.4 Å². The molecule has 1 saturated carbocycles. The average Bonchev–Trinajstić information content (AvgIpc) is 2.85. The molecule has 2 N–H and O–H groups in total. The van der Waals surface area contributed by atoms with E-state index in [0.717, 1.165) is 31.2 Å². The maximum atomic E-state index is 13.1. The maximum Gasteiger partial charge on any atom is 0.274 e. The van der Waals surface area contributed by atoms with Gasteiger partial charge in [0.05, 0.1) is 12.1 Å². The number of carbonyl (C=O) groups is 2. The van der Waals surface area contributed by atoms with E-state index in [1.165, 1.54) is 0 Å². The van der Waals surface area contributed by atoms with E-state index >= 15 is 0 Å². The summed E-state index contributed by atoms with van der Waals surface area (Å²) in [6.07, 6.45) is 3.80. The Balaban J connectivity index is 0.00000261. The van der Waals surface area contributed by atoms with Crippen LogP contribution in [0.5, 0.6) is 5.75 Å². The maximum absolute atomic E-state index is 13.1. The number of hydrogen-bond acceptors (Lipinski definition) is 5. The third kappa shape index (κ3) is 4.75. The Bertz CT molecular complexity index is 676. The second-order valence-corrected chi connectivity index (χ2v) is 7.10. The first-order valence-electron chi connectivity index (χ1n) is 9.07. The number of carbonyl (C=O) groups excluding carboxylic acids is 2. The zero-order chi connectivity index (χ0) is 18.7. The van der Waals surface area contributed by atoms with Gasteiger partial charge in [0, 0.05) is 30.7 Å². The normalized spacial score (nSPS) is 24.7. The minimum absolute atomic E-state index is 0. The van der Waals surface area contributed by atoms with Crippen LogP contribution >= 0.6 is 13.5 Å². The molecule has 0 saturated heterocycles. The molecule has 0 unspecified atom stereocenters. The van der Waals surface area contributed by atoms with Crippen molar-refractivity contribution >= 4 is 25.3 Å². The molecule has 7 nitrogen and oxygen atoms in total. The van der Waals surface area contributed by atoms with Crippen molar-refractivity contribution in [2.45, 2.75) is 51.3 Å². The van der Waals surface area contributed by atoms with Crippen molar-refractivity contribution in [2.24, 2.45) is 5.92 Å². The van der Waals surface area contributed by atoms with Gasteiger partial charge in [-0.1, -0.05) is 6.07 Å². The topological polar surface area (TPSA) is 88.1 Å². The molecule has 0 aromatic heterocycles. The molecule has 1 aromatic carbocycles. The lowest BCUT2D eigenvalue weighted by Crippen LogP contribution is -2.44. The SMILES string of the molecule is COC1CCC(C(=O)N2Cc3ccc(C(=O)NO)cc3OC[C@@H]2C)CC1.S. The highest BCUT2D eigenvalue weighted by atomic mass is 32.1. The largest absolute Gasteiger partial charge is 0.491 e. The number of amides is 2. The van der Waals surface area contributed by atoms with Crippen LogP contribution in [0.3, 0.4) is 0 Å². The summed E-state index contributed by atoms with van der Waals surface area (Å²) in [6, 6.07) is 4.95. The second-order valence-electron chi connectivity index (χ2n) is 7.10. The summed E-state index contributed by atoms with van der Waals surface area (Å²) >= 11 is 0. The summed E-state index contributed by atoms with van der Waals surface area (Å²) in [4.78, 5) is 26.5. The Labute approximate surface area is 166 Å². The zero-order valence-corrected chi connectivity index (χ0v) is 16.7. The number of rotatable bonds is 3. The molecule has 27 heavy (non-hydrogen) atoms. The second kappa shape index (κ2) is 9.43. The minimum Gasteiger partial charge on any atom is -0.491 e. The molecule has 150 valence electrons. The molecule has 0 bridgehead atoms. The molecule has 0 radical (unpaired) electrons. The van der Waals surface area contributed by atoms with Crippen LogP contribution in [-0.4, -0.2) is 47.8 Å². The molecule has 2 aliphatic rings. The molecule has 1 aliphatic heterocycles. The van der Waals surface area contributed by atoms with Gasteiger partial charge < -0.3 is 14.4 Å². The van der Waals surface area contributed by atoms with E-state index in [9.17, 15) is 9.59 Å². The fourth-order valence-corrected chi connectivity index (χ4v) is 3.74. The molecular weight excluding hydrogens is 368 g/mol. The van der Waals surface area contributed by atoms with Crippen molar-refractivity contribution in [1.29, 1.82) is 0 Å². The van der Waals surface area contributed by atoms with Gasteiger partial charge in [-0.2, -0.15) is 13.5 Å². The van der Waals surface area contributed by atoms with Crippen molar-refractivity contribution < 1.29 is 24.3 Å². The lowest BCUT2D eigenvalue weighted by Gasteiger charge is -2.33. The number of benzene rings is 1. The number of nitrogens with zero attached hydrogens (tertiary/aromatic N) is 1. The smallest absolute Gasteiger partial charge is 0.274 e. The van der Waals surface area contributed by atoms with E-state index in [-0.39, 0.29) is 37.5 Å². The van der Waals surface area contributed by atoms with Gasteiger partial charge in [0.15, 0.2) is 0 Å². The molecule has 2 amide bonds. The Morgan fingerprint density at radius 2 is 1.96 bits per heavy atom. The van der Waals surface area contributed by atoms with Gasteiger partial charge in [-0.15, -0.1) is 0 Å². The molecule has 1 aliphatic carbocycles. The van der Waals surface area contributed by atoms with Crippen LogP contribution in [0.2, 0.25) is 0 Å². The summed E-state index contributed by atoms with van der Waals surface area (Å²) in [7, 11) is 1.73. The number of fused-ring (bicyclic) bond motifs is 1. The first-order valence-corrected chi connectivity index (χ1v) is 9.07. The molecule has 0 spiro atoms. The Kier molecular flexibility index (Phi) is 7.52. The van der Waals surface area contributed by atoms with Crippen molar-refractivity contribution in [3.05, 3.63) is 29.3 Å². The Morgan fingerprint density at radius 3 is 2.59 bits per heavy atom. The van der Waals surface area contributed by atoms with Crippen LogP contribution in [0.1, 0.15) is 48.5 Å². The fourth-order valence-electron chi connectivity index (χ4n) is 3.74. The van der Waals surface area contributed by atoms with Crippen LogP contribution < -0.4 is 10.2 Å². The van der Waals surface area contributed by atoms with Crippen LogP contribution in [0, 0.1) is 5.92 Å². The summed E-state index contributed by atoms with van der Waals surface area (Å²) in [5.41, 5.74) is 2.80. The highest BCUT2D eigenvalue weighted by Crippen LogP contribution is 2.31. The van der Waals surface area contributed by atoms with Gasteiger partial charge >= 0.3 is 0 Å². The number of methoxy groups -OCH3 is 1. The molecular formula is C19H28N2O5S. The fraction of sp³-hybridized carbons (Fsp3) is 0.579. The monoisotopic (exact) mass is 396 g/mol. The highest BCUT2D eigenvalue weighted by molar-refractivity contribution is 7.59. The van der Waals surface area contributed by atoms with Crippen molar-refractivity contribution in [3.63, 3.8) is 0 Å². The van der Waals surface area contributed by atoms with Gasteiger partial charge in [-0.05, 0) is 44.7 Å². The van der Waals surface area contributed by atoms with E-state index in [0.29, 0.717) is 24.5 Å². The van der Waals surface area contributed by atoms with Crippen LogP contribution in [0.15, 0.2) is 18.2 Å². The van der Waals surface area contributed by atoms with Gasteiger partial charge in [0.25, 0.3) is 5.91 Å². The van der Waals surface area contributed by atoms with Crippen molar-refractivity contribution in [1.82, 2.24) is 10.4 Å². The third-order valence-electron chi connectivity index (χ3n) is 5.42. The predicted molar refractivity (Wildman–Crippen MR) is 104 cm³/mol. The Morgan fingerprint density at radius 1 is 1.26 bits per heavy atom. The molecule has 3 rings (SSSR count). The number of hydroxylamine groups is 1. The number of hydrogen-bond donors (Lipinski definition) is 2. The Hall–Kier alpha value is -1.77.